The summed E-state index contributed by atoms with van der Waals surface area (Å²) in [6, 6.07) is 0. The first kappa shape index (κ1) is 11.2. The zero-order valence-electron chi connectivity index (χ0n) is 7.95. The Bertz CT molecular complexity index is 126. The van der Waals surface area contributed by atoms with Crippen LogP contribution in [-0.4, -0.2) is 18.2 Å². The Kier molecular flexibility index (Phi) is 7.74. The number of nitrogens with zero attached hydrogens (tertiary/aromatic N) is 2. The molecule has 0 radical (unpaired) electrons. The standard InChI is InChI=1S/C8H18N2O2/c1-3-5-7-9-10(11)12-8-6-4-2/h3-8H2,1-2H3. The first-order chi connectivity index (χ1) is 5.81. The van der Waals surface area contributed by atoms with Gasteiger partial charge in [0.1, 0.15) is 6.54 Å². The van der Waals surface area contributed by atoms with Gasteiger partial charge in [0.2, 0.25) is 0 Å². The summed E-state index contributed by atoms with van der Waals surface area (Å²) in [5.74, 6) is 0. The molecule has 0 spiro atoms. The molecule has 0 atom stereocenters. The number of rotatable bonds is 7. The van der Waals surface area contributed by atoms with Gasteiger partial charge >= 0.3 is 0 Å². The molecule has 0 N–H and O–H groups in total. The maximum absolute atomic E-state index is 10.7. The molecule has 12 heavy (non-hydrogen) atoms. The van der Waals surface area contributed by atoms with Crippen LogP contribution < -0.4 is 0 Å². The molecule has 0 amide bonds. The molecule has 0 aromatic rings. The van der Waals surface area contributed by atoms with Gasteiger partial charge in [0.15, 0.2) is 5.02 Å². The molecule has 0 aromatic heterocycles. The molecule has 0 saturated carbocycles. The van der Waals surface area contributed by atoms with Gasteiger partial charge in [-0.15, -0.1) is 0 Å². The van der Waals surface area contributed by atoms with Crippen molar-refractivity contribution in [3.63, 3.8) is 0 Å². The molecule has 0 rings (SSSR count). The smallest absolute Gasteiger partial charge is 0.168 e. The molecular weight excluding hydrogens is 156 g/mol. The lowest BCUT2D eigenvalue weighted by atomic mass is 10.3. The quantitative estimate of drug-likeness (QED) is 0.338. The predicted molar refractivity (Wildman–Crippen MR) is 46.7 cm³/mol. The zero-order valence-corrected chi connectivity index (χ0v) is 7.95. The Morgan fingerprint density at radius 3 is 2.50 bits per heavy atom. The summed E-state index contributed by atoms with van der Waals surface area (Å²) < 4.78 is 0. The van der Waals surface area contributed by atoms with Crippen LogP contribution in [0.15, 0.2) is 5.11 Å². The largest absolute Gasteiger partial charge is 0.380 e. The molecule has 0 aliphatic carbocycles. The number of hydrogen-bond donors (Lipinski definition) is 0. The van der Waals surface area contributed by atoms with Gasteiger partial charge in [-0.1, -0.05) is 26.7 Å². The first-order valence-electron chi connectivity index (χ1n) is 4.58. The Balaban J connectivity index is 3.29. The van der Waals surface area contributed by atoms with E-state index in [1.54, 1.807) is 0 Å². The Labute approximate surface area is 73.8 Å². The van der Waals surface area contributed by atoms with Crippen LogP contribution in [-0.2, 0) is 4.84 Å². The minimum absolute atomic E-state index is 0.339. The summed E-state index contributed by atoms with van der Waals surface area (Å²) in [5, 5.41) is 14.7. The van der Waals surface area contributed by atoms with E-state index in [2.05, 4.69) is 12.0 Å². The topological polar surface area (TPSA) is 47.7 Å². The highest BCUT2D eigenvalue weighted by Gasteiger charge is 1.92. The minimum atomic E-state index is 0.339. The normalized spacial score (nSPS) is 11.7. The lowest BCUT2D eigenvalue weighted by Gasteiger charge is -2.00. The van der Waals surface area contributed by atoms with Crippen LogP contribution >= 0.6 is 0 Å². The second-order valence-corrected chi connectivity index (χ2v) is 2.64. The molecular formula is C8H18N2O2. The minimum Gasteiger partial charge on any atom is -0.380 e. The van der Waals surface area contributed by atoms with E-state index in [1.807, 2.05) is 6.92 Å². The average Bonchev–Trinajstić information content (AvgIpc) is 2.06. The van der Waals surface area contributed by atoms with Gasteiger partial charge < -0.3 is 4.84 Å². The van der Waals surface area contributed by atoms with Crippen molar-refractivity contribution in [3.8, 4) is 0 Å². The average molecular weight is 174 g/mol. The third kappa shape index (κ3) is 7.31. The summed E-state index contributed by atoms with van der Waals surface area (Å²) >= 11 is 0. The van der Waals surface area contributed by atoms with Crippen molar-refractivity contribution in [1.82, 2.24) is 0 Å². The Morgan fingerprint density at radius 1 is 1.25 bits per heavy atom. The summed E-state index contributed by atoms with van der Waals surface area (Å²) in [6.45, 7) is 5.14. The van der Waals surface area contributed by atoms with Crippen molar-refractivity contribution >= 4 is 0 Å². The third-order valence-corrected chi connectivity index (χ3v) is 1.43. The van der Waals surface area contributed by atoms with Gasteiger partial charge in [0, 0.05) is 5.11 Å². The lowest BCUT2D eigenvalue weighted by molar-refractivity contribution is -0.791. The van der Waals surface area contributed by atoms with Crippen LogP contribution in [0.3, 0.4) is 0 Å². The second-order valence-electron chi connectivity index (χ2n) is 2.64. The molecule has 4 nitrogen and oxygen atoms in total. The van der Waals surface area contributed by atoms with Crippen molar-refractivity contribution in [2.24, 2.45) is 5.11 Å². The maximum Gasteiger partial charge on any atom is 0.168 e. The highest BCUT2D eigenvalue weighted by Crippen LogP contribution is 1.91. The molecule has 0 bridgehead atoms. The first-order valence-corrected chi connectivity index (χ1v) is 4.58. The van der Waals surface area contributed by atoms with Gasteiger partial charge in [-0.3, -0.25) is 0 Å². The summed E-state index contributed by atoms with van der Waals surface area (Å²) in [5.41, 5.74) is 0. The molecule has 0 heterocycles. The Morgan fingerprint density at radius 2 is 1.92 bits per heavy atom. The molecule has 72 valence electrons. The molecule has 0 aliphatic heterocycles. The van der Waals surface area contributed by atoms with Crippen molar-refractivity contribution in [1.29, 1.82) is 0 Å². The van der Waals surface area contributed by atoms with Gasteiger partial charge in [-0.05, 0) is 12.8 Å². The molecule has 4 heteroatoms. The van der Waals surface area contributed by atoms with Crippen molar-refractivity contribution in [2.75, 3.05) is 13.2 Å². The van der Waals surface area contributed by atoms with Gasteiger partial charge in [0.25, 0.3) is 0 Å². The lowest BCUT2D eigenvalue weighted by Crippen LogP contribution is -2.04. The van der Waals surface area contributed by atoms with Crippen molar-refractivity contribution in [2.45, 2.75) is 39.5 Å². The summed E-state index contributed by atoms with van der Waals surface area (Å²) in [4.78, 5) is 4.74. The van der Waals surface area contributed by atoms with Crippen molar-refractivity contribution in [3.05, 3.63) is 5.21 Å². The van der Waals surface area contributed by atoms with Crippen LogP contribution in [0.1, 0.15) is 39.5 Å². The van der Waals surface area contributed by atoms with Gasteiger partial charge in [0.05, 0.1) is 6.61 Å². The molecule has 0 aliphatic rings. The summed E-state index contributed by atoms with van der Waals surface area (Å²) in [7, 11) is 0. The maximum atomic E-state index is 10.7. The number of unbranched alkanes of at least 4 members (excludes halogenated alkanes) is 2. The SMILES string of the molecule is CCCCN=[N+]([O-])OCCCC. The number of hydrogen-bond acceptors (Lipinski definition) is 3. The molecule has 0 unspecified atom stereocenters. The van der Waals surface area contributed by atoms with E-state index in [9.17, 15) is 5.21 Å². The monoisotopic (exact) mass is 174 g/mol. The summed E-state index contributed by atoms with van der Waals surface area (Å²) in [6.07, 6.45) is 3.92. The van der Waals surface area contributed by atoms with E-state index in [-0.39, 0.29) is 0 Å². The van der Waals surface area contributed by atoms with E-state index in [0.29, 0.717) is 18.2 Å². The Hall–Kier alpha value is -0.800. The van der Waals surface area contributed by atoms with E-state index in [0.717, 1.165) is 25.7 Å². The fourth-order valence-corrected chi connectivity index (χ4v) is 0.638. The van der Waals surface area contributed by atoms with E-state index < -0.39 is 0 Å². The molecule has 0 aromatic carbocycles. The van der Waals surface area contributed by atoms with Crippen LogP contribution in [0.4, 0.5) is 0 Å². The fraction of sp³-hybridized carbons (Fsp3) is 1.00. The van der Waals surface area contributed by atoms with Gasteiger partial charge in [-0.25, -0.2) is 5.21 Å². The molecule has 0 fully saturated rings. The highest BCUT2D eigenvalue weighted by molar-refractivity contribution is 4.33. The fourth-order valence-electron chi connectivity index (χ4n) is 0.638. The van der Waals surface area contributed by atoms with Crippen LogP contribution in [0.2, 0.25) is 0 Å². The van der Waals surface area contributed by atoms with Crippen LogP contribution in [0.25, 0.3) is 0 Å². The van der Waals surface area contributed by atoms with Crippen LogP contribution in [0, 0.1) is 5.21 Å². The third-order valence-electron chi connectivity index (χ3n) is 1.43. The van der Waals surface area contributed by atoms with Crippen LogP contribution in [0.5, 0.6) is 0 Å². The van der Waals surface area contributed by atoms with Gasteiger partial charge in [-0.2, -0.15) is 0 Å². The van der Waals surface area contributed by atoms with E-state index >= 15 is 0 Å². The van der Waals surface area contributed by atoms with Crippen molar-refractivity contribution < 1.29 is 9.86 Å². The second kappa shape index (κ2) is 8.30. The molecule has 0 saturated heterocycles. The zero-order chi connectivity index (χ0) is 9.23. The van der Waals surface area contributed by atoms with E-state index in [1.165, 1.54) is 0 Å². The van der Waals surface area contributed by atoms with E-state index in [4.69, 9.17) is 4.84 Å². The predicted octanol–water partition coefficient (Wildman–Crippen LogP) is 2.48. The highest BCUT2D eigenvalue weighted by atomic mass is 16.9.